The Labute approximate surface area is 127 Å². The zero-order valence-electron chi connectivity index (χ0n) is 11.5. The molecule has 2 aromatic rings. The van der Waals surface area contributed by atoms with Gasteiger partial charge in [0.25, 0.3) is 0 Å². The van der Waals surface area contributed by atoms with E-state index in [0.29, 0.717) is 11.5 Å². The third-order valence-electron chi connectivity index (χ3n) is 3.15. The predicted molar refractivity (Wildman–Crippen MR) is 82.1 cm³/mol. The SMILES string of the molecule is CC(C)Cc1ccc(C(Br)c2ccc(F)c(F)c2)cc1. The van der Waals surface area contributed by atoms with Crippen LogP contribution < -0.4 is 0 Å². The fourth-order valence-electron chi connectivity index (χ4n) is 2.16. The Morgan fingerprint density at radius 3 is 2.05 bits per heavy atom. The Morgan fingerprint density at radius 1 is 0.900 bits per heavy atom. The quantitative estimate of drug-likeness (QED) is 0.632. The van der Waals surface area contributed by atoms with Crippen molar-refractivity contribution in [2.75, 3.05) is 0 Å². The first-order valence-corrected chi connectivity index (χ1v) is 7.57. The van der Waals surface area contributed by atoms with E-state index >= 15 is 0 Å². The number of hydrogen-bond donors (Lipinski definition) is 0. The highest BCUT2D eigenvalue weighted by molar-refractivity contribution is 9.09. The van der Waals surface area contributed by atoms with Gasteiger partial charge in [0.2, 0.25) is 0 Å². The monoisotopic (exact) mass is 338 g/mol. The van der Waals surface area contributed by atoms with E-state index in [4.69, 9.17) is 0 Å². The largest absolute Gasteiger partial charge is 0.204 e. The summed E-state index contributed by atoms with van der Waals surface area (Å²) >= 11 is 3.54. The van der Waals surface area contributed by atoms with Gasteiger partial charge in [-0.3, -0.25) is 0 Å². The maximum absolute atomic E-state index is 13.3. The summed E-state index contributed by atoms with van der Waals surface area (Å²) in [7, 11) is 0. The molecule has 0 N–H and O–H groups in total. The number of alkyl halides is 1. The van der Waals surface area contributed by atoms with Crippen LogP contribution in [0.2, 0.25) is 0 Å². The van der Waals surface area contributed by atoms with Gasteiger partial charge in [-0.05, 0) is 41.2 Å². The van der Waals surface area contributed by atoms with E-state index in [1.807, 2.05) is 12.1 Å². The maximum atomic E-state index is 13.3. The smallest absolute Gasteiger partial charge is 0.159 e. The molecule has 0 saturated carbocycles. The van der Waals surface area contributed by atoms with Crippen molar-refractivity contribution in [2.45, 2.75) is 25.1 Å². The molecule has 0 aliphatic heterocycles. The number of rotatable bonds is 4. The molecule has 0 aliphatic carbocycles. The normalized spacial score (nSPS) is 12.7. The maximum Gasteiger partial charge on any atom is 0.159 e. The molecule has 0 saturated heterocycles. The fraction of sp³-hybridized carbons (Fsp3) is 0.294. The molecular formula is C17H17BrF2. The summed E-state index contributed by atoms with van der Waals surface area (Å²) in [6.07, 6.45) is 1.04. The van der Waals surface area contributed by atoms with E-state index in [2.05, 4.69) is 41.9 Å². The second kappa shape index (κ2) is 6.49. The molecule has 2 rings (SSSR count). The molecule has 0 nitrogen and oxygen atoms in total. The number of hydrogen-bond acceptors (Lipinski definition) is 0. The van der Waals surface area contributed by atoms with E-state index in [-0.39, 0.29) is 4.83 Å². The highest BCUT2D eigenvalue weighted by atomic mass is 79.9. The van der Waals surface area contributed by atoms with Gasteiger partial charge in [0.1, 0.15) is 0 Å². The van der Waals surface area contributed by atoms with Gasteiger partial charge in [-0.1, -0.05) is 60.1 Å². The minimum Gasteiger partial charge on any atom is -0.204 e. The molecule has 0 spiro atoms. The second-order valence-corrected chi connectivity index (χ2v) is 6.29. The molecule has 3 heteroatoms. The van der Waals surface area contributed by atoms with Crippen molar-refractivity contribution < 1.29 is 8.78 Å². The lowest BCUT2D eigenvalue weighted by atomic mass is 9.99. The van der Waals surface area contributed by atoms with Crippen molar-refractivity contribution in [1.82, 2.24) is 0 Å². The van der Waals surface area contributed by atoms with Crippen LogP contribution in [0.3, 0.4) is 0 Å². The van der Waals surface area contributed by atoms with Gasteiger partial charge in [-0.25, -0.2) is 8.78 Å². The molecule has 0 amide bonds. The van der Waals surface area contributed by atoms with Crippen LogP contribution in [0.5, 0.6) is 0 Å². The van der Waals surface area contributed by atoms with Crippen LogP contribution in [0, 0.1) is 17.6 Å². The summed E-state index contributed by atoms with van der Waals surface area (Å²) in [4.78, 5) is -0.134. The van der Waals surface area contributed by atoms with Gasteiger partial charge in [-0.15, -0.1) is 0 Å². The van der Waals surface area contributed by atoms with Gasteiger partial charge in [-0.2, -0.15) is 0 Å². The van der Waals surface area contributed by atoms with E-state index < -0.39 is 11.6 Å². The first-order valence-electron chi connectivity index (χ1n) is 6.65. The molecule has 0 heterocycles. The molecular weight excluding hydrogens is 322 g/mol. The van der Waals surface area contributed by atoms with Gasteiger partial charge < -0.3 is 0 Å². The van der Waals surface area contributed by atoms with Crippen molar-refractivity contribution >= 4 is 15.9 Å². The average Bonchev–Trinajstić information content (AvgIpc) is 2.41. The zero-order valence-corrected chi connectivity index (χ0v) is 13.1. The summed E-state index contributed by atoms with van der Waals surface area (Å²) < 4.78 is 26.2. The van der Waals surface area contributed by atoms with E-state index in [1.165, 1.54) is 11.6 Å². The lowest BCUT2D eigenvalue weighted by Crippen LogP contribution is -1.97. The summed E-state index contributed by atoms with van der Waals surface area (Å²) in [5, 5.41) is 0. The average molecular weight is 339 g/mol. The van der Waals surface area contributed by atoms with Crippen LogP contribution in [0.15, 0.2) is 42.5 Å². The van der Waals surface area contributed by atoms with Crippen LogP contribution in [0.4, 0.5) is 8.78 Å². The van der Waals surface area contributed by atoms with Crippen molar-refractivity contribution in [1.29, 1.82) is 0 Å². The predicted octanol–water partition coefficient (Wildman–Crippen LogP) is 5.65. The summed E-state index contributed by atoms with van der Waals surface area (Å²) in [6.45, 7) is 4.37. The Bertz CT molecular complexity index is 576. The molecule has 0 fully saturated rings. The van der Waals surface area contributed by atoms with Crippen LogP contribution >= 0.6 is 15.9 Å². The van der Waals surface area contributed by atoms with Gasteiger partial charge in [0.05, 0.1) is 4.83 Å². The summed E-state index contributed by atoms with van der Waals surface area (Å²) in [5.41, 5.74) is 3.03. The molecule has 0 radical (unpaired) electrons. The van der Waals surface area contributed by atoms with E-state index in [0.717, 1.165) is 18.1 Å². The van der Waals surface area contributed by atoms with E-state index in [9.17, 15) is 8.78 Å². The summed E-state index contributed by atoms with van der Waals surface area (Å²) in [5.74, 6) is -1.02. The highest BCUT2D eigenvalue weighted by Gasteiger charge is 2.13. The Hall–Kier alpha value is -1.22. The Morgan fingerprint density at radius 2 is 1.50 bits per heavy atom. The van der Waals surface area contributed by atoms with Crippen LogP contribution in [0.25, 0.3) is 0 Å². The standard InChI is InChI=1S/C17H17BrF2/c1-11(2)9-12-3-5-13(6-4-12)17(18)14-7-8-15(19)16(20)10-14/h3-8,10-11,17H,9H2,1-2H3. The topological polar surface area (TPSA) is 0 Å². The first kappa shape index (κ1) is 15.2. The molecule has 106 valence electrons. The molecule has 1 unspecified atom stereocenters. The van der Waals surface area contributed by atoms with Crippen molar-refractivity contribution in [3.05, 3.63) is 70.8 Å². The third kappa shape index (κ3) is 3.66. The third-order valence-corrected chi connectivity index (χ3v) is 4.21. The molecule has 1 atom stereocenters. The van der Waals surface area contributed by atoms with Gasteiger partial charge in [0.15, 0.2) is 11.6 Å². The van der Waals surface area contributed by atoms with Gasteiger partial charge >= 0.3 is 0 Å². The Balaban J connectivity index is 2.20. The molecule has 2 aromatic carbocycles. The Kier molecular flexibility index (Phi) is 4.92. The highest BCUT2D eigenvalue weighted by Crippen LogP contribution is 2.31. The minimum atomic E-state index is -0.819. The second-order valence-electron chi connectivity index (χ2n) is 5.38. The summed E-state index contributed by atoms with van der Waals surface area (Å²) in [6, 6.07) is 12.2. The number of halogens is 3. The molecule has 0 aromatic heterocycles. The molecule has 0 aliphatic rings. The van der Waals surface area contributed by atoms with E-state index in [1.54, 1.807) is 6.07 Å². The lowest BCUT2D eigenvalue weighted by molar-refractivity contribution is 0.507. The van der Waals surface area contributed by atoms with Crippen molar-refractivity contribution in [2.24, 2.45) is 5.92 Å². The van der Waals surface area contributed by atoms with Crippen LogP contribution in [0.1, 0.15) is 35.4 Å². The van der Waals surface area contributed by atoms with Crippen molar-refractivity contribution in [3.8, 4) is 0 Å². The van der Waals surface area contributed by atoms with Gasteiger partial charge in [0, 0.05) is 0 Å². The van der Waals surface area contributed by atoms with Crippen LogP contribution in [-0.2, 0) is 6.42 Å². The first-order chi connectivity index (χ1) is 9.47. The minimum absolute atomic E-state index is 0.134. The lowest BCUT2D eigenvalue weighted by Gasteiger charge is -2.12. The number of benzene rings is 2. The zero-order chi connectivity index (χ0) is 14.7. The molecule has 0 bridgehead atoms. The molecule has 20 heavy (non-hydrogen) atoms. The fourth-order valence-corrected chi connectivity index (χ4v) is 2.75. The van der Waals surface area contributed by atoms with Crippen molar-refractivity contribution in [3.63, 3.8) is 0 Å². The van der Waals surface area contributed by atoms with Crippen LogP contribution in [-0.4, -0.2) is 0 Å².